The molecule has 2 rings (SSSR count). The Morgan fingerprint density at radius 2 is 2.07 bits per heavy atom. The number of carbonyl (C=O) groups is 2. The minimum atomic E-state index is -1.00. The first kappa shape index (κ1) is 19.6. The SMILES string of the molecule is COC(=O)COc1ncccc1Oc1cc(NC(C)=O)c(F)cc1[N+](=O)[O-]. The van der Waals surface area contributed by atoms with E-state index in [-0.39, 0.29) is 23.1 Å². The lowest BCUT2D eigenvalue weighted by atomic mass is 10.2. The van der Waals surface area contributed by atoms with E-state index in [1.54, 1.807) is 0 Å². The predicted octanol–water partition coefficient (Wildman–Crippen LogP) is 2.43. The molecule has 0 spiro atoms. The second-order valence-electron chi connectivity index (χ2n) is 5.01. The highest BCUT2D eigenvalue weighted by Crippen LogP contribution is 2.38. The molecule has 0 radical (unpaired) electrons. The van der Waals surface area contributed by atoms with Crippen LogP contribution < -0.4 is 14.8 Å². The average molecular weight is 379 g/mol. The van der Waals surface area contributed by atoms with Crippen molar-refractivity contribution in [1.82, 2.24) is 4.98 Å². The van der Waals surface area contributed by atoms with Gasteiger partial charge in [-0.15, -0.1) is 0 Å². The molecule has 0 bridgehead atoms. The molecular weight excluding hydrogens is 365 g/mol. The molecule has 0 unspecified atom stereocenters. The third-order valence-electron chi connectivity index (χ3n) is 3.07. The van der Waals surface area contributed by atoms with Crippen LogP contribution in [0.1, 0.15) is 6.92 Å². The molecular formula is C16H14FN3O7. The largest absolute Gasteiger partial charge is 0.466 e. The number of nitrogens with one attached hydrogen (secondary N) is 1. The molecule has 10 nitrogen and oxygen atoms in total. The fraction of sp³-hybridized carbons (Fsp3) is 0.188. The van der Waals surface area contributed by atoms with Crippen molar-refractivity contribution in [3.63, 3.8) is 0 Å². The van der Waals surface area contributed by atoms with E-state index in [9.17, 15) is 24.1 Å². The number of ether oxygens (including phenoxy) is 3. The van der Waals surface area contributed by atoms with Gasteiger partial charge in [0.05, 0.1) is 23.8 Å². The number of hydrogen-bond donors (Lipinski definition) is 1. The number of amides is 1. The highest BCUT2D eigenvalue weighted by Gasteiger charge is 2.22. The molecule has 1 aromatic carbocycles. The number of benzene rings is 1. The van der Waals surface area contributed by atoms with Gasteiger partial charge in [-0.1, -0.05) is 0 Å². The normalized spacial score (nSPS) is 10.0. The Morgan fingerprint density at radius 1 is 1.33 bits per heavy atom. The summed E-state index contributed by atoms with van der Waals surface area (Å²) in [6.07, 6.45) is 1.35. The fourth-order valence-corrected chi connectivity index (χ4v) is 1.92. The zero-order valence-corrected chi connectivity index (χ0v) is 14.2. The van der Waals surface area contributed by atoms with Crippen LogP contribution in [0, 0.1) is 15.9 Å². The summed E-state index contributed by atoms with van der Waals surface area (Å²) in [6, 6.07) is 4.42. The summed E-state index contributed by atoms with van der Waals surface area (Å²) in [5.41, 5.74) is -0.978. The number of nitro groups is 1. The summed E-state index contributed by atoms with van der Waals surface area (Å²) in [4.78, 5) is 36.6. The van der Waals surface area contributed by atoms with Crippen LogP contribution in [0.2, 0.25) is 0 Å². The second-order valence-corrected chi connectivity index (χ2v) is 5.01. The molecule has 2 aromatic rings. The summed E-state index contributed by atoms with van der Waals surface area (Å²) in [7, 11) is 1.17. The maximum Gasteiger partial charge on any atom is 0.343 e. The molecule has 0 aliphatic rings. The average Bonchev–Trinajstić information content (AvgIpc) is 2.62. The van der Waals surface area contributed by atoms with Gasteiger partial charge in [0, 0.05) is 19.2 Å². The minimum Gasteiger partial charge on any atom is -0.466 e. The Bertz CT molecular complexity index is 888. The van der Waals surface area contributed by atoms with E-state index in [2.05, 4.69) is 15.0 Å². The van der Waals surface area contributed by atoms with Crippen LogP contribution in [-0.4, -0.2) is 35.5 Å². The molecule has 1 N–H and O–H groups in total. The van der Waals surface area contributed by atoms with Crippen molar-refractivity contribution >= 4 is 23.3 Å². The first-order valence-corrected chi connectivity index (χ1v) is 7.39. The molecule has 0 aliphatic carbocycles. The molecule has 1 amide bonds. The molecule has 142 valence electrons. The van der Waals surface area contributed by atoms with Gasteiger partial charge in [0.15, 0.2) is 18.2 Å². The van der Waals surface area contributed by atoms with Crippen LogP contribution in [0.4, 0.5) is 15.8 Å². The predicted molar refractivity (Wildman–Crippen MR) is 89.2 cm³/mol. The molecule has 0 saturated carbocycles. The van der Waals surface area contributed by atoms with Crippen molar-refractivity contribution in [1.29, 1.82) is 0 Å². The van der Waals surface area contributed by atoms with Gasteiger partial charge < -0.3 is 19.5 Å². The van der Waals surface area contributed by atoms with Gasteiger partial charge in [0.25, 0.3) is 5.88 Å². The van der Waals surface area contributed by atoms with Crippen molar-refractivity contribution < 1.29 is 33.1 Å². The third-order valence-corrected chi connectivity index (χ3v) is 3.07. The molecule has 27 heavy (non-hydrogen) atoms. The number of hydrogen-bond acceptors (Lipinski definition) is 8. The van der Waals surface area contributed by atoms with Crippen molar-refractivity contribution in [3.05, 3.63) is 46.4 Å². The van der Waals surface area contributed by atoms with E-state index in [1.807, 2.05) is 0 Å². The first-order valence-electron chi connectivity index (χ1n) is 7.39. The number of pyridine rings is 1. The van der Waals surface area contributed by atoms with Crippen molar-refractivity contribution in [2.75, 3.05) is 19.0 Å². The maximum absolute atomic E-state index is 14.0. The molecule has 0 saturated heterocycles. The van der Waals surface area contributed by atoms with Crippen LogP contribution >= 0.6 is 0 Å². The number of carbonyl (C=O) groups excluding carboxylic acids is 2. The van der Waals surface area contributed by atoms with E-state index < -0.39 is 34.9 Å². The first-order chi connectivity index (χ1) is 12.8. The standard InChI is InChI=1S/C16H14FN3O7/c1-9(21)19-11-7-14(12(20(23)24)6-10(11)17)27-13-4-3-5-18-16(13)26-8-15(22)25-2/h3-7H,8H2,1-2H3,(H,19,21). The Morgan fingerprint density at radius 3 is 2.70 bits per heavy atom. The molecule has 1 heterocycles. The van der Waals surface area contributed by atoms with E-state index >= 15 is 0 Å². The minimum absolute atomic E-state index is 0.0649. The number of nitrogens with zero attached hydrogens (tertiary/aromatic N) is 2. The van der Waals surface area contributed by atoms with Crippen LogP contribution in [0.5, 0.6) is 17.4 Å². The van der Waals surface area contributed by atoms with E-state index in [0.29, 0.717) is 6.07 Å². The summed E-state index contributed by atoms with van der Waals surface area (Å²) < 4.78 is 29.0. The van der Waals surface area contributed by atoms with E-state index in [1.165, 1.54) is 25.4 Å². The lowest BCUT2D eigenvalue weighted by Gasteiger charge is -2.12. The number of rotatable bonds is 7. The zero-order chi connectivity index (χ0) is 20.0. The highest BCUT2D eigenvalue weighted by molar-refractivity contribution is 5.89. The number of nitro benzene ring substituents is 1. The lowest BCUT2D eigenvalue weighted by Crippen LogP contribution is -2.13. The monoisotopic (exact) mass is 379 g/mol. The quantitative estimate of drug-likeness (QED) is 0.441. The van der Waals surface area contributed by atoms with E-state index in [4.69, 9.17) is 9.47 Å². The van der Waals surface area contributed by atoms with Crippen LogP contribution in [0.3, 0.4) is 0 Å². The topological polar surface area (TPSA) is 130 Å². The zero-order valence-electron chi connectivity index (χ0n) is 14.2. The Kier molecular flexibility index (Phi) is 6.20. The Hall–Kier alpha value is -3.76. The lowest BCUT2D eigenvalue weighted by molar-refractivity contribution is -0.385. The maximum atomic E-state index is 14.0. The van der Waals surface area contributed by atoms with Crippen molar-refractivity contribution in [2.24, 2.45) is 0 Å². The van der Waals surface area contributed by atoms with Gasteiger partial charge in [-0.25, -0.2) is 14.2 Å². The van der Waals surface area contributed by atoms with Gasteiger partial charge in [-0.05, 0) is 12.1 Å². The van der Waals surface area contributed by atoms with Crippen molar-refractivity contribution in [3.8, 4) is 17.4 Å². The molecule has 0 fully saturated rings. The second kappa shape index (κ2) is 8.56. The summed E-state index contributed by atoms with van der Waals surface area (Å²) >= 11 is 0. The molecule has 11 heteroatoms. The van der Waals surface area contributed by atoms with Crippen LogP contribution in [0.15, 0.2) is 30.5 Å². The number of esters is 1. The summed E-state index contributed by atoms with van der Waals surface area (Å²) in [5.74, 6) is -2.81. The summed E-state index contributed by atoms with van der Waals surface area (Å²) in [6.45, 7) is 0.688. The number of aromatic nitrogens is 1. The summed E-state index contributed by atoms with van der Waals surface area (Å²) in [5, 5.41) is 13.4. The Labute approximate surface area is 152 Å². The third kappa shape index (κ3) is 5.11. The smallest absolute Gasteiger partial charge is 0.343 e. The number of methoxy groups -OCH3 is 1. The molecule has 0 aliphatic heterocycles. The molecule has 0 atom stereocenters. The van der Waals surface area contributed by atoms with E-state index in [0.717, 1.165) is 13.0 Å². The van der Waals surface area contributed by atoms with Crippen LogP contribution in [-0.2, 0) is 14.3 Å². The molecule has 1 aromatic heterocycles. The number of anilines is 1. The highest BCUT2D eigenvalue weighted by atomic mass is 19.1. The number of halogens is 1. The van der Waals surface area contributed by atoms with Gasteiger partial charge in [-0.3, -0.25) is 14.9 Å². The van der Waals surface area contributed by atoms with Crippen molar-refractivity contribution in [2.45, 2.75) is 6.92 Å². The van der Waals surface area contributed by atoms with Gasteiger partial charge in [-0.2, -0.15) is 0 Å². The van der Waals surface area contributed by atoms with Gasteiger partial charge >= 0.3 is 11.7 Å². The van der Waals surface area contributed by atoms with Gasteiger partial charge in [0.1, 0.15) is 0 Å². The van der Waals surface area contributed by atoms with Crippen LogP contribution in [0.25, 0.3) is 0 Å². The Balaban J connectivity index is 2.39. The van der Waals surface area contributed by atoms with Gasteiger partial charge in [0.2, 0.25) is 11.7 Å². The fourth-order valence-electron chi connectivity index (χ4n) is 1.92.